The fourth-order valence-corrected chi connectivity index (χ4v) is 1.87. The number of hydrogen-bond donors (Lipinski definition) is 1. The quantitative estimate of drug-likeness (QED) is 0.856. The first-order chi connectivity index (χ1) is 8.75. The van der Waals surface area contributed by atoms with Crippen LogP contribution < -0.4 is 0 Å². The van der Waals surface area contributed by atoms with Gasteiger partial charge in [-0.05, 0) is 24.3 Å². The summed E-state index contributed by atoms with van der Waals surface area (Å²) >= 11 is 3.15. The smallest absolute Gasteiger partial charge is 0.362 e. The lowest BCUT2D eigenvalue weighted by atomic mass is 10.1. The number of benzene rings is 1. The van der Waals surface area contributed by atoms with Crippen molar-refractivity contribution in [2.24, 2.45) is 5.10 Å². The molecule has 8 heteroatoms. The SMILES string of the molecule is O=C(c1ccc(Br)cc1)N1N=CC[C@@]1(O)C(F)(F)F. The average molecular weight is 337 g/mol. The standard InChI is InChI=1S/C11H8BrF3N2O2/c12-8-3-1-7(2-4-8)9(18)17-10(19,5-6-16-17)11(13,14)15/h1-4,6,19H,5H2/t10-/m1/s1. The molecule has 0 aromatic heterocycles. The molecular formula is C11H8BrF3N2O2. The topological polar surface area (TPSA) is 52.9 Å². The van der Waals surface area contributed by atoms with E-state index in [1.807, 2.05) is 0 Å². The van der Waals surface area contributed by atoms with Crippen LogP contribution in [-0.2, 0) is 0 Å². The molecular weight excluding hydrogens is 329 g/mol. The highest BCUT2D eigenvalue weighted by Crippen LogP contribution is 2.39. The third kappa shape index (κ3) is 2.37. The van der Waals surface area contributed by atoms with Crippen LogP contribution in [0.2, 0.25) is 0 Å². The molecule has 1 aliphatic rings. The summed E-state index contributed by atoms with van der Waals surface area (Å²) in [5.41, 5.74) is -3.28. The van der Waals surface area contributed by atoms with Crippen molar-refractivity contribution in [3.8, 4) is 0 Å². The van der Waals surface area contributed by atoms with Crippen LogP contribution in [0.15, 0.2) is 33.8 Å². The van der Waals surface area contributed by atoms with Gasteiger partial charge in [0.25, 0.3) is 11.6 Å². The molecule has 102 valence electrons. The van der Waals surface area contributed by atoms with Crippen LogP contribution in [0.1, 0.15) is 16.8 Å². The van der Waals surface area contributed by atoms with E-state index in [4.69, 9.17) is 0 Å². The molecule has 1 aliphatic heterocycles. The molecule has 1 aromatic carbocycles. The highest BCUT2D eigenvalue weighted by atomic mass is 79.9. The Balaban J connectivity index is 2.33. The van der Waals surface area contributed by atoms with E-state index in [1.54, 1.807) is 0 Å². The fourth-order valence-electron chi connectivity index (χ4n) is 1.60. The van der Waals surface area contributed by atoms with Gasteiger partial charge in [0, 0.05) is 22.7 Å². The number of carbonyl (C=O) groups excluding carboxylic acids is 1. The first-order valence-corrected chi connectivity index (χ1v) is 5.97. The molecule has 0 spiro atoms. The van der Waals surface area contributed by atoms with Gasteiger partial charge in [-0.15, -0.1) is 0 Å². The van der Waals surface area contributed by atoms with Gasteiger partial charge < -0.3 is 5.11 Å². The number of rotatable bonds is 1. The van der Waals surface area contributed by atoms with E-state index in [1.165, 1.54) is 24.3 Å². The summed E-state index contributed by atoms with van der Waals surface area (Å²) in [6.45, 7) is 0. The molecule has 0 saturated heterocycles. The summed E-state index contributed by atoms with van der Waals surface area (Å²) < 4.78 is 39.1. The zero-order valence-electron chi connectivity index (χ0n) is 9.36. The Hall–Kier alpha value is -1.41. The third-order valence-electron chi connectivity index (χ3n) is 2.66. The number of hydrazone groups is 1. The number of nitrogens with zero attached hydrogens (tertiary/aromatic N) is 2. The number of alkyl halides is 3. The van der Waals surface area contributed by atoms with Gasteiger partial charge in [0.1, 0.15) is 0 Å². The Bertz CT molecular complexity index is 530. The van der Waals surface area contributed by atoms with Crippen LogP contribution in [0.25, 0.3) is 0 Å². The summed E-state index contributed by atoms with van der Waals surface area (Å²) in [5.74, 6) is -1.01. The maximum absolute atomic E-state index is 12.8. The van der Waals surface area contributed by atoms with Gasteiger partial charge in [0.05, 0.1) is 0 Å². The minimum atomic E-state index is -4.98. The lowest BCUT2D eigenvalue weighted by Gasteiger charge is -2.32. The molecule has 4 nitrogen and oxygen atoms in total. The first-order valence-electron chi connectivity index (χ1n) is 5.17. The minimum Gasteiger partial charge on any atom is -0.362 e. The maximum Gasteiger partial charge on any atom is 0.438 e. The van der Waals surface area contributed by atoms with E-state index in [2.05, 4.69) is 21.0 Å². The van der Waals surface area contributed by atoms with E-state index in [-0.39, 0.29) is 10.6 Å². The van der Waals surface area contributed by atoms with E-state index in [0.717, 1.165) is 6.21 Å². The lowest BCUT2D eigenvalue weighted by Crippen LogP contribution is -2.56. The molecule has 1 aromatic rings. The monoisotopic (exact) mass is 336 g/mol. The van der Waals surface area contributed by atoms with Crippen molar-refractivity contribution in [1.29, 1.82) is 0 Å². The second kappa shape index (κ2) is 4.61. The molecule has 0 fully saturated rings. The minimum absolute atomic E-state index is 0.00456. The van der Waals surface area contributed by atoms with Gasteiger partial charge >= 0.3 is 6.18 Å². The molecule has 1 amide bonds. The zero-order valence-corrected chi connectivity index (χ0v) is 10.9. The largest absolute Gasteiger partial charge is 0.438 e. The van der Waals surface area contributed by atoms with Crippen LogP contribution in [-0.4, -0.2) is 34.1 Å². The first kappa shape index (κ1) is 14.0. The third-order valence-corrected chi connectivity index (χ3v) is 3.19. The molecule has 0 aliphatic carbocycles. The Labute approximate surface area is 114 Å². The van der Waals surface area contributed by atoms with Crippen molar-refractivity contribution >= 4 is 28.1 Å². The number of hydrogen-bond acceptors (Lipinski definition) is 3. The molecule has 2 rings (SSSR count). The average Bonchev–Trinajstić information content (AvgIpc) is 2.72. The van der Waals surface area contributed by atoms with Crippen LogP contribution in [0.5, 0.6) is 0 Å². The second-order valence-electron chi connectivity index (χ2n) is 3.94. The van der Waals surface area contributed by atoms with Gasteiger partial charge in [0.15, 0.2) is 0 Å². The highest BCUT2D eigenvalue weighted by Gasteiger charge is 2.61. The van der Waals surface area contributed by atoms with E-state index in [9.17, 15) is 23.1 Å². The molecule has 0 radical (unpaired) electrons. The Morgan fingerprint density at radius 2 is 1.95 bits per heavy atom. The van der Waals surface area contributed by atoms with E-state index < -0.39 is 24.2 Å². The van der Waals surface area contributed by atoms with Crippen LogP contribution in [0.4, 0.5) is 13.2 Å². The Kier molecular flexibility index (Phi) is 3.40. The second-order valence-corrected chi connectivity index (χ2v) is 4.86. The predicted molar refractivity (Wildman–Crippen MR) is 64.4 cm³/mol. The van der Waals surface area contributed by atoms with Crippen LogP contribution in [0.3, 0.4) is 0 Å². The summed E-state index contributed by atoms with van der Waals surface area (Å²) in [6.07, 6.45) is -4.89. The number of aliphatic hydroxyl groups is 1. The van der Waals surface area contributed by atoms with E-state index >= 15 is 0 Å². The van der Waals surface area contributed by atoms with Crippen molar-refractivity contribution in [2.75, 3.05) is 0 Å². The van der Waals surface area contributed by atoms with Gasteiger partial charge in [0.2, 0.25) is 0 Å². The summed E-state index contributed by atoms with van der Waals surface area (Å²) in [4.78, 5) is 12.0. The Morgan fingerprint density at radius 3 is 2.47 bits per heavy atom. The summed E-state index contributed by atoms with van der Waals surface area (Å²) in [7, 11) is 0. The van der Waals surface area contributed by atoms with Gasteiger partial charge in [-0.1, -0.05) is 15.9 Å². The molecule has 19 heavy (non-hydrogen) atoms. The van der Waals surface area contributed by atoms with Crippen LogP contribution >= 0.6 is 15.9 Å². The van der Waals surface area contributed by atoms with Crippen molar-refractivity contribution in [2.45, 2.75) is 18.3 Å². The number of carbonyl (C=O) groups is 1. The molecule has 0 unspecified atom stereocenters. The van der Waals surface area contributed by atoms with Crippen molar-refractivity contribution in [1.82, 2.24) is 5.01 Å². The number of amides is 1. The zero-order chi connectivity index (χ0) is 14.3. The summed E-state index contributed by atoms with van der Waals surface area (Å²) in [5, 5.41) is 13.0. The molecule has 1 heterocycles. The van der Waals surface area contributed by atoms with Gasteiger partial charge in [-0.25, -0.2) is 0 Å². The number of halogens is 4. The molecule has 0 saturated carbocycles. The lowest BCUT2D eigenvalue weighted by molar-refractivity contribution is -0.297. The van der Waals surface area contributed by atoms with Crippen LogP contribution in [0, 0.1) is 0 Å². The molecule has 1 N–H and O–H groups in total. The predicted octanol–water partition coefficient (Wildman–Crippen LogP) is 2.53. The maximum atomic E-state index is 12.8. The molecule has 0 bridgehead atoms. The van der Waals surface area contributed by atoms with Crippen molar-refractivity contribution < 1.29 is 23.1 Å². The fraction of sp³-hybridized carbons (Fsp3) is 0.273. The molecule has 1 atom stereocenters. The van der Waals surface area contributed by atoms with Crippen molar-refractivity contribution in [3.63, 3.8) is 0 Å². The normalized spacial score (nSPS) is 22.9. The van der Waals surface area contributed by atoms with Gasteiger partial charge in [-0.3, -0.25) is 4.79 Å². The van der Waals surface area contributed by atoms with E-state index in [0.29, 0.717) is 4.47 Å². The summed E-state index contributed by atoms with van der Waals surface area (Å²) in [6, 6.07) is 5.72. The Morgan fingerprint density at radius 1 is 1.37 bits per heavy atom. The highest BCUT2D eigenvalue weighted by molar-refractivity contribution is 9.10. The van der Waals surface area contributed by atoms with Gasteiger partial charge in [-0.2, -0.15) is 23.3 Å². The van der Waals surface area contributed by atoms with Crippen molar-refractivity contribution in [3.05, 3.63) is 34.3 Å².